The molecular formula is C21H25F3IN7. The lowest BCUT2D eigenvalue weighted by molar-refractivity contribution is -0.137. The molecule has 2 aromatic heterocycles. The van der Waals surface area contributed by atoms with E-state index in [1.807, 2.05) is 28.8 Å². The van der Waals surface area contributed by atoms with Crippen LogP contribution < -0.4 is 10.6 Å². The number of alkyl halides is 3. The molecule has 1 fully saturated rings. The van der Waals surface area contributed by atoms with E-state index in [1.165, 1.54) is 0 Å². The van der Waals surface area contributed by atoms with Gasteiger partial charge in [-0.1, -0.05) is 18.2 Å². The summed E-state index contributed by atoms with van der Waals surface area (Å²) in [5.41, 5.74) is 1.04. The van der Waals surface area contributed by atoms with Gasteiger partial charge in [0.25, 0.3) is 0 Å². The van der Waals surface area contributed by atoms with Crippen molar-refractivity contribution in [1.82, 2.24) is 30.1 Å². The first-order valence-electron chi connectivity index (χ1n) is 10.1. The number of fused-ring (bicyclic) bond motifs is 1. The minimum atomic E-state index is -4.30. The Morgan fingerprint density at radius 3 is 2.66 bits per heavy atom. The van der Waals surface area contributed by atoms with Gasteiger partial charge in [-0.3, -0.25) is 14.3 Å². The Hall–Kier alpha value is -2.41. The Kier molecular flexibility index (Phi) is 7.93. The molecule has 0 radical (unpaired) electrons. The quantitative estimate of drug-likeness (QED) is 0.286. The van der Waals surface area contributed by atoms with Gasteiger partial charge in [-0.15, -0.1) is 34.2 Å². The Morgan fingerprint density at radius 1 is 1.16 bits per heavy atom. The van der Waals surface area contributed by atoms with Crippen LogP contribution in [0.5, 0.6) is 0 Å². The smallest absolute Gasteiger partial charge is 0.352 e. The van der Waals surface area contributed by atoms with Crippen molar-refractivity contribution >= 4 is 35.6 Å². The maximum atomic E-state index is 12.7. The summed E-state index contributed by atoms with van der Waals surface area (Å²) in [6.45, 7) is 2.75. The normalized spacial score (nSPS) is 17.4. The second kappa shape index (κ2) is 10.5. The van der Waals surface area contributed by atoms with Crippen LogP contribution in [0.1, 0.15) is 23.4 Å². The molecule has 0 bridgehead atoms. The Balaban J connectivity index is 0.00000289. The van der Waals surface area contributed by atoms with Gasteiger partial charge >= 0.3 is 6.18 Å². The minimum Gasteiger partial charge on any atom is -0.352 e. The fourth-order valence-corrected chi connectivity index (χ4v) is 3.71. The second-order valence-corrected chi connectivity index (χ2v) is 7.53. The standard InChI is InChI=1S/C21H24F3N7.HI/c1-25-20(26-12-19-29-28-18-4-2-3-10-31(18)19)27-17-9-11-30(14-17)13-15-5-7-16(8-6-15)21(22,23)24;/h2-8,10,17H,9,11-14H2,1H3,(H2,25,26,27);1H. The van der Waals surface area contributed by atoms with Crippen molar-refractivity contribution in [3.63, 3.8) is 0 Å². The molecule has 1 saturated heterocycles. The van der Waals surface area contributed by atoms with Gasteiger partial charge in [0.1, 0.15) is 0 Å². The molecule has 1 aromatic carbocycles. The van der Waals surface area contributed by atoms with Crippen LogP contribution in [0.3, 0.4) is 0 Å². The molecule has 7 nitrogen and oxygen atoms in total. The molecule has 32 heavy (non-hydrogen) atoms. The number of likely N-dealkylation sites (tertiary alicyclic amines) is 1. The molecule has 4 rings (SSSR count). The van der Waals surface area contributed by atoms with Crippen LogP contribution in [0.25, 0.3) is 5.65 Å². The highest BCUT2D eigenvalue weighted by Gasteiger charge is 2.30. The summed E-state index contributed by atoms with van der Waals surface area (Å²) < 4.78 is 40.1. The Morgan fingerprint density at radius 2 is 1.94 bits per heavy atom. The van der Waals surface area contributed by atoms with Crippen LogP contribution in [-0.4, -0.2) is 51.6 Å². The van der Waals surface area contributed by atoms with E-state index in [-0.39, 0.29) is 30.0 Å². The summed E-state index contributed by atoms with van der Waals surface area (Å²) in [6.07, 6.45) is -1.46. The monoisotopic (exact) mass is 559 g/mol. The lowest BCUT2D eigenvalue weighted by Gasteiger charge is -2.19. The number of benzene rings is 1. The lowest BCUT2D eigenvalue weighted by Crippen LogP contribution is -2.44. The van der Waals surface area contributed by atoms with E-state index in [4.69, 9.17) is 0 Å². The van der Waals surface area contributed by atoms with Gasteiger partial charge in [-0.2, -0.15) is 13.2 Å². The fourth-order valence-electron chi connectivity index (χ4n) is 3.71. The topological polar surface area (TPSA) is 69.8 Å². The zero-order valence-electron chi connectivity index (χ0n) is 17.5. The summed E-state index contributed by atoms with van der Waals surface area (Å²) in [6, 6.07) is 11.3. The SMILES string of the molecule is CN=C(NCc1nnc2ccccn12)NC1CCN(Cc2ccc(C(F)(F)F)cc2)C1.I. The van der Waals surface area contributed by atoms with E-state index >= 15 is 0 Å². The van der Waals surface area contributed by atoms with Crippen molar-refractivity contribution in [2.45, 2.75) is 31.7 Å². The molecule has 3 aromatic rings. The molecule has 0 amide bonds. The second-order valence-electron chi connectivity index (χ2n) is 7.53. The molecule has 2 N–H and O–H groups in total. The highest BCUT2D eigenvalue weighted by atomic mass is 127. The molecule has 0 saturated carbocycles. The number of nitrogens with zero attached hydrogens (tertiary/aromatic N) is 5. The first kappa shape index (κ1) is 24.2. The number of rotatable bonds is 5. The molecule has 3 heterocycles. The molecule has 0 aliphatic carbocycles. The highest BCUT2D eigenvalue weighted by Crippen LogP contribution is 2.29. The van der Waals surface area contributed by atoms with E-state index in [9.17, 15) is 13.2 Å². The zero-order valence-corrected chi connectivity index (χ0v) is 19.8. The number of hydrogen-bond donors (Lipinski definition) is 2. The van der Waals surface area contributed by atoms with Gasteiger partial charge in [0.2, 0.25) is 0 Å². The number of aliphatic imine (C=N–C) groups is 1. The lowest BCUT2D eigenvalue weighted by atomic mass is 10.1. The highest BCUT2D eigenvalue weighted by molar-refractivity contribution is 14.0. The van der Waals surface area contributed by atoms with Crippen LogP contribution in [0, 0.1) is 0 Å². The third-order valence-electron chi connectivity index (χ3n) is 5.32. The van der Waals surface area contributed by atoms with Crippen LogP contribution in [0.4, 0.5) is 13.2 Å². The summed E-state index contributed by atoms with van der Waals surface area (Å²) in [5.74, 6) is 1.46. The van der Waals surface area contributed by atoms with E-state index in [0.717, 1.165) is 48.7 Å². The third-order valence-corrected chi connectivity index (χ3v) is 5.32. The van der Waals surface area contributed by atoms with E-state index in [2.05, 4.69) is 30.7 Å². The van der Waals surface area contributed by atoms with Gasteiger partial charge < -0.3 is 10.6 Å². The predicted molar refractivity (Wildman–Crippen MR) is 127 cm³/mol. The molecule has 1 aliphatic rings. The molecule has 1 aliphatic heterocycles. The van der Waals surface area contributed by atoms with Gasteiger partial charge in [0.05, 0.1) is 12.1 Å². The molecule has 0 spiro atoms. The Bertz CT molecular complexity index is 1050. The van der Waals surface area contributed by atoms with Crippen molar-refractivity contribution in [3.05, 3.63) is 65.6 Å². The van der Waals surface area contributed by atoms with Crippen LogP contribution in [0.2, 0.25) is 0 Å². The molecule has 1 atom stereocenters. The van der Waals surface area contributed by atoms with Gasteiger partial charge in [0, 0.05) is 38.9 Å². The number of nitrogens with one attached hydrogen (secondary N) is 2. The maximum Gasteiger partial charge on any atom is 0.416 e. The fraction of sp³-hybridized carbons (Fsp3) is 0.381. The zero-order chi connectivity index (χ0) is 21.8. The predicted octanol–water partition coefficient (Wildman–Crippen LogP) is 3.31. The summed E-state index contributed by atoms with van der Waals surface area (Å²) in [5, 5.41) is 15.0. The largest absolute Gasteiger partial charge is 0.416 e. The van der Waals surface area contributed by atoms with E-state index in [0.29, 0.717) is 19.0 Å². The summed E-state index contributed by atoms with van der Waals surface area (Å²) in [4.78, 5) is 6.51. The molecule has 11 heteroatoms. The van der Waals surface area contributed by atoms with Gasteiger partial charge in [0.15, 0.2) is 17.4 Å². The average Bonchev–Trinajstić information content (AvgIpc) is 3.37. The van der Waals surface area contributed by atoms with Gasteiger partial charge in [-0.05, 0) is 36.2 Å². The van der Waals surface area contributed by atoms with Crippen molar-refractivity contribution in [3.8, 4) is 0 Å². The van der Waals surface area contributed by atoms with E-state index < -0.39 is 11.7 Å². The molecular weight excluding hydrogens is 534 g/mol. The first-order valence-corrected chi connectivity index (χ1v) is 10.1. The Labute approximate surface area is 201 Å². The summed E-state index contributed by atoms with van der Waals surface area (Å²) in [7, 11) is 1.71. The van der Waals surface area contributed by atoms with Crippen molar-refractivity contribution in [2.75, 3.05) is 20.1 Å². The van der Waals surface area contributed by atoms with Gasteiger partial charge in [-0.25, -0.2) is 0 Å². The van der Waals surface area contributed by atoms with Crippen LogP contribution in [0.15, 0.2) is 53.7 Å². The molecule has 1 unspecified atom stereocenters. The first-order chi connectivity index (χ1) is 14.9. The molecule has 172 valence electrons. The number of hydrogen-bond acceptors (Lipinski definition) is 4. The summed E-state index contributed by atoms with van der Waals surface area (Å²) >= 11 is 0. The van der Waals surface area contributed by atoms with Crippen molar-refractivity contribution in [2.24, 2.45) is 4.99 Å². The van der Waals surface area contributed by atoms with Crippen LogP contribution >= 0.6 is 24.0 Å². The van der Waals surface area contributed by atoms with Crippen molar-refractivity contribution < 1.29 is 13.2 Å². The average molecular weight is 559 g/mol. The number of halogens is 4. The van der Waals surface area contributed by atoms with Crippen LogP contribution in [-0.2, 0) is 19.3 Å². The van der Waals surface area contributed by atoms with E-state index in [1.54, 1.807) is 19.2 Å². The van der Waals surface area contributed by atoms with Crippen molar-refractivity contribution in [1.29, 1.82) is 0 Å². The minimum absolute atomic E-state index is 0. The third kappa shape index (κ3) is 5.88. The maximum absolute atomic E-state index is 12.7. The number of pyridine rings is 1. The number of aromatic nitrogens is 3. The number of guanidine groups is 1.